The zero-order chi connectivity index (χ0) is 16.2. The van der Waals surface area contributed by atoms with Crippen LogP contribution in [0.2, 0.25) is 0 Å². The molecule has 2 heterocycles. The van der Waals surface area contributed by atoms with Crippen LogP contribution in [0.25, 0.3) is 11.4 Å². The van der Waals surface area contributed by atoms with Crippen molar-refractivity contribution in [2.24, 2.45) is 0 Å². The summed E-state index contributed by atoms with van der Waals surface area (Å²) in [6.45, 7) is 1.83. The van der Waals surface area contributed by atoms with Gasteiger partial charge in [-0.2, -0.15) is 5.21 Å². The van der Waals surface area contributed by atoms with E-state index < -0.39 is 0 Å². The molecule has 23 heavy (non-hydrogen) atoms. The highest BCUT2D eigenvalue weighted by atomic mass is 16.5. The van der Waals surface area contributed by atoms with Crippen LogP contribution in [-0.2, 0) is 4.79 Å². The van der Waals surface area contributed by atoms with Crippen molar-refractivity contribution in [3.63, 3.8) is 0 Å². The predicted molar refractivity (Wildman–Crippen MR) is 83.9 cm³/mol. The first-order valence-corrected chi connectivity index (χ1v) is 7.04. The van der Waals surface area contributed by atoms with Crippen LogP contribution in [0.4, 0.5) is 5.69 Å². The van der Waals surface area contributed by atoms with Crippen molar-refractivity contribution >= 4 is 11.6 Å². The van der Waals surface area contributed by atoms with Gasteiger partial charge in [0.2, 0.25) is 11.7 Å². The van der Waals surface area contributed by atoms with Gasteiger partial charge in [0.25, 0.3) is 0 Å². The summed E-state index contributed by atoms with van der Waals surface area (Å²) in [4.78, 5) is 12.4. The van der Waals surface area contributed by atoms with E-state index in [4.69, 9.17) is 4.74 Å². The summed E-state index contributed by atoms with van der Waals surface area (Å²) >= 11 is 0. The summed E-state index contributed by atoms with van der Waals surface area (Å²) in [5.41, 5.74) is 1.28. The normalized spacial score (nSPS) is 11.9. The predicted octanol–water partition coefficient (Wildman–Crippen LogP) is 1.88. The number of anilines is 1. The molecule has 3 rings (SSSR count). The lowest BCUT2D eigenvalue weighted by molar-refractivity contribution is -0.118. The van der Waals surface area contributed by atoms with E-state index in [0.29, 0.717) is 22.8 Å². The first-order chi connectivity index (χ1) is 11.2. The van der Waals surface area contributed by atoms with E-state index in [1.807, 2.05) is 36.0 Å². The Balaban J connectivity index is 1.83. The number of nitrogens with zero attached hydrogens (tertiary/aromatic N) is 4. The third-order valence-electron chi connectivity index (χ3n) is 3.51. The molecule has 0 radical (unpaired) electrons. The molecular weight excluding hydrogens is 296 g/mol. The second-order valence-electron chi connectivity index (χ2n) is 4.95. The third kappa shape index (κ3) is 3.05. The number of carbonyl (C=O) groups excluding carboxylic acids is 1. The lowest BCUT2D eigenvalue weighted by Gasteiger charge is -2.15. The Kier molecular flexibility index (Phi) is 4.05. The summed E-state index contributed by atoms with van der Waals surface area (Å²) in [5, 5.41) is 16.7. The molecule has 0 aliphatic rings. The molecule has 0 saturated carbocycles. The number of amides is 1. The Hall–Kier alpha value is -3.16. The number of hydrogen-bond donors (Lipinski definition) is 2. The molecule has 8 nitrogen and oxygen atoms in total. The average molecular weight is 312 g/mol. The lowest BCUT2D eigenvalue weighted by Crippen LogP contribution is -2.22. The standard InChI is InChI=1S/C15H16N6O2/c1-10(21-7-3-4-8-21)15(22)16-11-5-6-13(23-2)12(9-11)14-17-19-20-18-14/h3-10H,1-2H3,(H,16,22)(H,17,18,19,20)/t10-/m1/s1. The average Bonchev–Trinajstić information content (AvgIpc) is 3.27. The molecule has 3 aromatic rings. The number of H-pyrrole nitrogens is 1. The highest BCUT2D eigenvalue weighted by Gasteiger charge is 2.16. The second kappa shape index (κ2) is 6.30. The van der Waals surface area contributed by atoms with Gasteiger partial charge in [0.15, 0.2) is 0 Å². The number of hydrogen-bond acceptors (Lipinski definition) is 5. The van der Waals surface area contributed by atoms with Gasteiger partial charge in [0, 0.05) is 18.1 Å². The number of nitrogens with one attached hydrogen (secondary N) is 2. The van der Waals surface area contributed by atoms with Gasteiger partial charge in [-0.1, -0.05) is 0 Å². The van der Waals surface area contributed by atoms with Crippen LogP contribution in [0, 0.1) is 0 Å². The molecule has 118 valence electrons. The molecule has 0 fully saturated rings. The van der Waals surface area contributed by atoms with Crippen LogP contribution in [0.15, 0.2) is 42.7 Å². The molecule has 1 aromatic carbocycles. The number of methoxy groups -OCH3 is 1. The highest BCUT2D eigenvalue weighted by Crippen LogP contribution is 2.30. The molecule has 0 spiro atoms. The van der Waals surface area contributed by atoms with Crippen molar-refractivity contribution < 1.29 is 9.53 Å². The minimum atomic E-state index is -0.319. The van der Waals surface area contributed by atoms with E-state index in [2.05, 4.69) is 25.9 Å². The first-order valence-electron chi connectivity index (χ1n) is 7.04. The monoisotopic (exact) mass is 312 g/mol. The Morgan fingerprint density at radius 1 is 1.35 bits per heavy atom. The summed E-state index contributed by atoms with van der Waals surface area (Å²) in [6, 6.07) is 8.71. The molecule has 2 aromatic heterocycles. The van der Waals surface area contributed by atoms with Gasteiger partial charge < -0.3 is 14.6 Å². The number of ether oxygens (including phenoxy) is 1. The molecule has 0 saturated heterocycles. The molecule has 0 aliphatic carbocycles. The van der Waals surface area contributed by atoms with Gasteiger partial charge in [-0.25, -0.2) is 0 Å². The first kappa shape index (κ1) is 14.8. The van der Waals surface area contributed by atoms with E-state index >= 15 is 0 Å². The van der Waals surface area contributed by atoms with Gasteiger partial charge in [-0.3, -0.25) is 4.79 Å². The van der Waals surface area contributed by atoms with Crippen LogP contribution in [0.3, 0.4) is 0 Å². The number of carbonyl (C=O) groups is 1. The molecule has 8 heteroatoms. The van der Waals surface area contributed by atoms with Crippen LogP contribution in [-0.4, -0.2) is 38.2 Å². The van der Waals surface area contributed by atoms with Gasteiger partial charge >= 0.3 is 0 Å². The SMILES string of the molecule is COc1ccc(NC(=O)[C@@H](C)n2cccc2)cc1-c1nn[nH]n1. The molecule has 2 N–H and O–H groups in total. The van der Waals surface area contributed by atoms with Crippen molar-refractivity contribution in [2.45, 2.75) is 13.0 Å². The Bertz CT molecular complexity index is 782. The molecule has 0 unspecified atom stereocenters. The molecule has 0 aliphatic heterocycles. The number of aromatic amines is 1. The van der Waals surface area contributed by atoms with Crippen LogP contribution >= 0.6 is 0 Å². The molecule has 0 bridgehead atoms. The van der Waals surface area contributed by atoms with Crippen molar-refractivity contribution in [3.05, 3.63) is 42.7 Å². The highest BCUT2D eigenvalue weighted by molar-refractivity contribution is 5.94. The lowest BCUT2D eigenvalue weighted by atomic mass is 10.1. The number of benzene rings is 1. The van der Waals surface area contributed by atoms with Crippen LogP contribution < -0.4 is 10.1 Å². The van der Waals surface area contributed by atoms with Crippen LogP contribution in [0.5, 0.6) is 5.75 Å². The topological polar surface area (TPSA) is 97.7 Å². The molecule has 1 amide bonds. The maximum absolute atomic E-state index is 12.4. The number of aromatic nitrogens is 5. The zero-order valence-electron chi connectivity index (χ0n) is 12.7. The van der Waals surface area contributed by atoms with E-state index in [1.165, 1.54) is 0 Å². The largest absolute Gasteiger partial charge is 0.496 e. The van der Waals surface area contributed by atoms with Crippen molar-refractivity contribution in [3.8, 4) is 17.1 Å². The Morgan fingerprint density at radius 3 is 2.78 bits per heavy atom. The minimum Gasteiger partial charge on any atom is -0.496 e. The molecular formula is C15H16N6O2. The number of rotatable bonds is 5. The minimum absolute atomic E-state index is 0.120. The Labute approximate surface area is 132 Å². The van der Waals surface area contributed by atoms with E-state index in [1.54, 1.807) is 25.3 Å². The van der Waals surface area contributed by atoms with Gasteiger partial charge in [0.1, 0.15) is 11.8 Å². The quantitative estimate of drug-likeness (QED) is 0.749. The van der Waals surface area contributed by atoms with Gasteiger partial charge in [0.05, 0.1) is 12.7 Å². The Morgan fingerprint density at radius 2 is 2.13 bits per heavy atom. The second-order valence-corrected chi connectivity index (χ2v) is 4.95. The van der Waals surface area contributed by atoms with Crippen molar-refractivity contribution in [1.82, 2.24) is 25.2 Å². The molecule has 1 atom stereocenters. The third-order valence-corrected chi connectivity index (χ3v) is 3.51. The van der Waals surface area contributed by atoms with Crippen molar-refractivity contribution in [2.75, 3.05) is 12.4 Å². The fourth-order valence-corrected chi connectivity index (χ4v) is 2.22. The van der Waals surface area contributed by atoms with Crippen LogP contribution in [0.1, 0.15) is 13.0 Å². The summed E-state index contributed by atoms with van der Waals surface area (Å²) < 4.78 is 7.13. The maximum Gasteiger partial charge on any atom is 0.247 e. The van der Waals surface area contributed by atoms with Crippen molar-refractivity contribution in [1.29, 1.82) is 0 Å². The van der Waals surface area contributed by atoms with E-state index in [0.717, 1.165) is 0 Å². The van der Waals surface area contributed by atoms with E-state index in [9.17, 15) is 4.79 Å². The van der Waals surface area contributed by atoms with Gasteiger partial charge in [-0.15, -0.1) is 10.2 Å². The smallest absolute Gasteiger partial charge is 0.247 e. The summed E-state index contributed by atoms with van der Waals surface area (Å²) in [5.74, 6) is 0.879. The fraction of sp³-hybridized carbons (Fsp3) is 0.200. The summed E-state index contributed by atoms with van der Waals surface area (Å²) in [7, 11) is 1.56. The maximum atomic E-state index is 12.4. The number of tetrazole rings is 1. The zero-order valence-corrected chi connectivity index (χ0v) is 12.7. The summed E-state index contributed by atoms with van der Waals surface area (Å²) in [6.07, 6.45) is 3.70. The van der Waals surface area contributed by atoms with Gasteiger partial charge in [-0.05, 0) is 42.5 Å². The fourth-order valence-electron chi connectivity index (χ4n) is 2.22. The van der Waals surface area contributed by atoms with E-state index in [-0.39, 0.29) is 11.9 Å².